The number of ketones is 1. The molecule has 4 rings (SSSR count). The van der Waals surface area contributed by atoms with Gasteiger partial charge < -0.3 is 13.9 Å². The molecule has 5 heteroatoms. The van der Waals surface area contributed by atoms with Crippen molar-refractivity contribution in [3.8, 4) is 11.5 Å². The van der Waals surface area contributed by atoms with Crippen LogP contribution in [0.5, 0.6) is 11.5 Å². The van der Waals surface area contributed by atoms with Crippen LogP contribution in [-0.2, 0) is 4.79 Å². The van der Waals surface area contributed by atoms with E-state index < -0.39 is 17.6 Å². The van der Waals surface area contributed by atoms with Gasteiger partial charge in [0, 0.05) is 0 Å². The van der Waals surface area contributed by atoms with Gasteiger partial charge in [0.1, 0.15) is 17.1 Å². The van der Waals surface area contributed by atoms with E-state index in [0.717, 1.165) is 5.56 Å². The second-order valence-corrected chi connectivity index (χ2v) is 6.03. The van der Waals surface area contributed by atoms with Crippen LogP contribution in [-0.4, -0.2) is 19.0 Å². The highest BCUT2D eigenvalue weighted by molar-refractivity contribution is 5.90. The maximum atomic E-state index is 12.6. The van der Waals surface area contributed by atoms with Crippen LogP contribution in [0, 0.1) is 0 Å². The number of carbonyl (C=O) groups is 1. The van der Waals surface area contributed by atoms with Gasteiger partial charge in [0.15, 0.2) is 11.9 Å². The van der Waals surface area contributed by atoms with E-state index in [2.05, 4.69) is 0 Å². The number of fused-ring (bicyclic) bond motifs is 3. The molecule has 5 nitrogen and oxygen atoms in total. The molecule has 0 fully saturated rings. The second kappa shape index (κ2) is 5.77. The molecule has 0 radical (unpaired) electrons. The minimum Gasteiger partial charge on any atom is -0.497 e. The Balaban J connectivity index is 1.96. The summed E-state index contributed by atoms with van der Waals surface area (Å²) in [4.78, 5) is 24.8. The monoisotopic (exact) mass is 336 g/mol. The Morgan fingerprint density at radius 1 is 1.08 bits per heavy atom. The van der Waals surface area contributed by atoms with E-state index in [4.69, 9.17) is 13.9 Å². The molecular weight excluding hydrogens is 320 g/mol. The lowest BCUT2D eigenvalue weighted by Gasteiger charge is -2.16. The smallest absolute Gasteiger partial charge is 0.344 e. The molecule has 0 saturated heterocycles. The van der Waals surface area contributed by atoms with Gasteiger partial charge >= 0.3 is 5.63 Å². The van der Waals surface area contributed by atoms with Crippen LogP contribution in [0.25, 0.3) is 11.0 Å². The Bertz CT molecular complexity index is 1020. The molecule has 0 amide bonds. The molecule has 25 heavy (non-hydrogen) atoms. The molecule has 0 spiro atoms. The van der Waals surface area contributed by atoms with Crippen molar-refractivity contribution in [3.05, 3.63) is 70.1 Å². The number of para-hydroxylation sites is 1. The van der Waals surface area contributed by atoms with Gasteiger partial charge in [0.2, 0.25) is 0 Å². The third-order valence-electron chi connectivity index (χ3n) is 4.53. The number of rotatable bonds is 3. The zero-order valence-electron chi connectivity index (χ0n) is 13.8. The lowest BCUT2D eigenvalue weighted by Crippen LogP contribution is -2.28. The molecule has 0 aliphatic carbocycles. The van der Waals surface area contributed by atoms with E-state index >= 15 is 0 Å². The first kappa shape index (κ1) is 15.4. The van der Waals surface area contributed by atoms with Crippen molar-refractivity contribution in [3.63, 3.8) is 0 Å². The zero-order chi connectivity index (χ0) is 17.6. The highest BCUT2D eigenvalue weighted by Gasteiger charge is 2.42. The minimum absolute atomic E-state index is 0.138. The van der Waals surface area contributed by atoms with Crippen molar-refractivity contribution < 1.29 is 18.7 Å². The number of ether oxygens (including phenoxy) is 2. The predicted molar refractivity (Wildman–Crippen MR) is 92.4 cm³/mol. The van der Waals surface area contributed by atoms with Crippen molar-refractivity contribution in [2.24, 2.45) is 0 Å². The molecule has 0 bridgehead atoms. The second-order valence-electron chi connectivity index (χ2n) is 6.03. The number of methoxy groups -OCH3 is 1. The number of hydrogen-bond acceptors (Lipinski definition) is 5. The number of carbonyl (C=O) groups excluding carboxylic acids is 1. The summed E-state index contributed by atoms with van der Waals surface area (Å²) in [7, 11) is 1.59. The van der Waals surface area contributed by atoms with Crippen molar-refractivity contribution >= 4 is 16.8 Å². The largest absolute Gasteiger partial charge is 0.497 e. The van der Waals surface area contributed by atoms with Gasteiger partial charge in [-0.1, -0.05) is 24.3 Å². The fourth-order valence-electron chi connectivity index (χ4n) is 3.35. The van der Waals surface area contributed by atoms with Crippen LogP contribution in [0.1, 0.15) is 24.0 Å². The van der Waals surface area contributed by atoms with Crippen molar-refractivity contribution in [1.82, 2.24) is 0 Å². The quantitative estimate of drug-likeness (QED) is 0.687. The summed E-state index contributed by atoms with van der Waals surface area (Å²) >= 11 is 0. The summed E-state index contributed by atoms with van der Waals surface area (Å²) < 4.78 is 16.6. The van der Waals surface area contributed by atoms with Crippen molar-refractivity contribution in [2.45, 2.75) is 18.9 Å². The molecule has 2 atom stereocenters. The normalized spacial score (nSPS) is 18.6. The molecule has 2 aromatic carbocycles. The first-order valence-corrected chi connectivity index (χ1v) is 7.97. The maximum absolute atomic E-state index is 12.6. The van der Waals surface area contributed by atoms with E-state index in [-0.39, 0.29) is 5.78 Å². The summed E-state index contributed by atoms with van der Waals surface area (Å²) in [6, 6.07) is 14.4. The van der Waals surface area contributed by atoms with Crippen LogP contribution >= 0.6 is 0 Å². The van der Waals surface area contributed by atoms with Crippen LogP contribution in [0.4, 0.5) is 0 Å². The topological polar surface area (TPSA) is 65.7 Å². The van der Waals surface area contributed by atoms with Gasteiger partial charge in [-0.05, 0) is 36.8 Å². The Kier molecular flexibility index (Phi) is 3.57. The summed E-state index contributed by atoms with van der Waals surface area (Å²) in [6.07, 6.45) is -0.753. The summed E-state index contributed by atoms with van der Waals surface area (Å²) in [5.74, 6) is 0.500. The van der Waals surface area contributed by atoms with Gasteiger partial charge in [0.25, 0.3) is 0 Å². The number of benzene rings is 2. The van der Waals surface area contributed by atoms with Crippen LogP contribution in [0.3, 0.4) is 0 Å². The lowest BCUT2D eigenvalue weighted by atomic mass is 9.87. The zero-order valence-corrected chi connectivity index (χ0v) is 13.8. The minimum atomic E-state index is -0.753. The van der Waals surface area contributed by atoms with Gasteiger partial charge in [-0.25, -0.2) is 4.79 Å². The highest BCUT2D eigenvalue weighted by atomic mass is 16.5. The van der Waals surface area contributed by atoms with Crippen molar-refractivity contribution in [1.29, 1.82) is 0 Å². The highest BCUT2D eigenvalue weighted by Crippen LogP contribution is 2.44. The molecule has 0 unspecified atom stereocenters. The van der Waals surface area contributed by atoms with Gasteiger partial charge in [-0.15, -0.1) is 0 Å². The van der Waals surface area contributed by atoms with Crippen molar-refractivity contribution in [2.75, 3.05) is 7.11 Å². The summed E-state index contributed by atoms with van der Waals surface area (Å²) in [5.41, 5.74) is 1.17. The van der Waals surface area contributed by atoms with E-state index in [1.54, 1.807) is 31.4 Å². The number of Topliss-reactive ketones (excluding diaryl/α,β-unsaturated/α-hetero) is 1. The fraction of sp³-hybridized carbons (Fsp3) is 0.200. The van der Waals surface area contributed by atoms with Gasteiger partial charge in [-0.3, -0.25) is 4.79 Å². The molecule has 3 aromatic rings. The fourth-order valence-corrected chi connectivity index (χ4v) is 3.35. The van der Waals surface area contributed by atoms with E-state index in [1.807, 2.05) is 24.3 Å². The molecule has 1 aliphatic rings. The third-order valence-corrected chi connectivity index (χ3v) is 4.53. The molecule has 0 saturated carbocycles. The first-order chi connectivity index (χ1) is 12.1. The van der Waals surface area contributed by atoms with E-state index in [1.165, 1.54) is 6.92 Å². The average Bonchev–Trinajstić information content (AvgIpc) is 3.04. The average molecular weight is 336 g/mol. The molecule has 0 N–H and O–H groups in total. The maximum Gasteiger partial charge on any atom is 0.344 e. The summed E-state index contributed by atoms with van der Waals surface area (Å²) in [5, 5.41) is 0.694. The number of hydrogen-bond donors (Lipinski definition) is 0. The van der Waals surface area contributed by atoms with E-state index in [9.17, 15) is 9.59 Å². The molecular formula is C20H16O5. The Morgan fingerprint density at radius 3 is 2.48 bits per heavy atom. The Hall–Kier alpha value is -3.08. The first-order valence-electron chi connectivity index (χ1n) is 7.97. The van der Waals surface area contributed by atoms with Gasteiger partial charge in [0.05, 0.1) is 24.0 Å². The SMILES string of the molecule is COc1ccc([C@H]2c3c(c4ccccc4oc3=O)O[C@@H]2C(C)=O)cc1. The Labute approximate surface area is 143 Å². The van der Waals surface area contributed by atoms with Gasteiger partial charge in [-0.2, -0.15) is 0 Å². The molecule has 126 valence electrons. The lowest BCUT2D eigenvalue weighted by molar-refractivity contribution is -0.123. The van der Waals surface area contributed by atoms with Crippen LogP contribution in [0.15, 0.2) is 57.7 Å². The third kappa shape index (κ3) is 2.39. The van der Waals surface area contributed by atoms with Crippen LogP contribution in [0.2, 0.25) is 0 Å². The Morgan fingerprint density at radius 2 is 1.80 bits per heavy atom. The predicted octanol–water partition coefficient (Wildman–Crippen LogP) is 3.28. The molecule has 1 aliphatic heterocycles. The molecule has 2 heterocycles. The van der Waals surface area contributed by atoms with E-state index in [0.29, 0.717) is 28.0 Å². The van der Waals surface area contributed by atoms with Crippen LogP contribution < -0.4 is 15.1 Å². The molecule has 1 aromatic heterocycles. The standard InChI is InChI=1S/C20H16O5/c1-11(21)18-16(12-7-9-13(23-2)10-8-12)17-19(25-18)14-5-3-4-6-15(14)24-20(17)22/h3-10,16,18H,1-2H3/t16-,18+/m0/s1. The summed E-state index contributed by atoms with van der Waals surface area (Å²) in [6.45, 7) is 1.47.